The van der Waals surface area contributed by atoms with Gasteiger partial charge in [0.2, 0.25) is 11.5 Å². The maximum atomic E-state index is 12.3. The van der Waals surface area contributed by atoms with E-state index < -0.39 is 34.9 Å². The molecule has 0 bridgehead atoms. The molecule has 3 aromatic carbocycles. The van der Waals surface area contributed by atoms with Crippen LogP contribution in [0.1, 0.15) is 33.0 Å². The third-order valence-electron chi connectivity index (χ3n) is 4.91. The number of fused-ring (bicyclic) bond motifs is 2. The number of rotatable bonds is 2. The Morgan fingerprint density at radius 3 is 1.65 bits per heavy atom. The third kappa shape index (κ3) is 3.29. The van der Waals surface area contributed by atoms with Crippen molar-refractivity contribution in [1.82, 2.24) is 0 Å². The molecule has 0 aliphatic carbocycles. The molecule has 5 N–H and O–H groups in total. The molecule has 1 heterocycles. The zero-order chi connectivity index (χ0) is 22.8. The van der Waals surface area contributed by atoms with Crippen LogP contribution in [0.4, 0.5) is 0 Å². The molecule has 0 saturated carbocycles. The van der Waals surface area contributed by atoms with Gasteiger partial charge in [-0.15, -0.1) is 0 Å². The van der Waals surface area contributed by atoms with Gasteiger partial charge in [0.15, 0.2) is 23.0 Å². The van der Waals surface area contributed by atoms with E-state index in [0.717, 1.165) is 0 Å². The fourth-order valence-corrected chi connectivity index (χ4v) is 6.08. The summed E-state index contributed by atoms with van der Waals surface area (Å²) in [4.78, 5) is 12.3. The predicted molar refractivity (Wildman–Crippen MR) is 125 cm³/mol. The Balaban J connectivity index is 2.19. The minimum atomic E-state index is -1.23. The Morgan fingerprint density at radius 2 is 1.19 bits per heavy atom. The molecule has 3 aromatic rings. The molecule has 11 heteroatoms. The molecule has 0 aromatic heterocycles. The molecule has 0 radical (unpaired) electrons. The maximum absolute atomic E-state index is 12.3. The second-order valence-corrected chi connectivity index (χ2v) is 9.76. The van der Waals surface area contributed by atoms with Crippen LogP contribution in [0, 0.1) is 0 Å². The number of ether oxygens (including phenoxy) is 1. The average Bonchev–Trinajstić information content (AvgIpc) is 2.73. The summed E-state index contributed by atoms with van der Waals surface area (Å²) >= 11 is 13.6. The van der Waals surface area contributed by atoms with E-state index in [0.29, 0.717) is 24.5 Å². The van der Waals surface area contributed by atoms with Crippen molar-refractivity contribution in [2.24, 2.45) is 0 Å². The normalized spacial score (nSPS) is 12.8. The van der Waals surface area contributed by atoms with Crippen LogP contribution in [-0.4, -0.2) is 31.5 Å². The minimum absolute atomic E-state index is 0.0779. The molecule has 7 nitrogen and oxygen atoms in total. The van der Waals surface area contributed by atoms with Crippen LogP contribution in [0.15, 0.2) is 42.2 Å². The van der Waals surface area contributed by atoms with Crippen molar-refractivity contribution in [3.8, 4) is 34.5 Å². The van der Waals surface area contributed by atoms with Crippen molar-refractivity contribution in [3.63, 3.8) is 0 Å². The number of aromatic hydroxyl groups is 4. The molecule has 160 valence electrons. The molecule has 1 aliphatic heterocycles. The Hall–Kier alpha value is -1.95. The first-order valence-corrected chi connectivity index (χ1v) is 11.6. The number of phenolic OH excluding ortho intramolecular Hbond substituents is 4. The third-order valence-corrected chi connectivity index (χ3v) is 9.71. The lowest BCUT2D eigenvalue weighted by Crippen LogP contribution is -2.17. The van der Waals surface area contributed by atoms with Gasteiger partial charge in [0.05, 0.1) is 5.56 Å². The summed E-state index contributed by atoms with van der Waals surface area (Å²) < 4.78 is 7.33. The second kappa shape index (κ2) is 7.88. The van der Waals surface area contributed by atoms with Gasteiger partial charge >= 0.3 is 5.97 Å². The second-order valence-electron chi connectivity index (χ2n) is 6.59. The van der Waals surface area contributed by atoms with E-state index in [1.54, 1.807) is 0 Å². The van der Waals surface area contributed by atoms with Gasteiger partial charge in [0.1, 0.15) is 0 Å². The van der Waals surface area contributed by atoms with Crippen molar-refractivity contribution in [3.05, 3.63) is 64.4 Å². The molecule has 0 atom stereocenters. The molecular formula is C20H10Br4O7. The Kier molecular flexibility index (Phi) is 5.65. The van der Waals surface area contributed by atoms with Gasteiger partial charge in [-0.2, -0.15) is 0 Å². The van der Waals surface area contributed by atoms with Crippen molar-refractivity contribution in [1.29, 1.82) is 0 Å². The van der Waals surface area contributed by atoms with Gasteiger partial charge in [0.25, 0.3) is 0 Å². The summed E-state index contributed by atoms with van der Waals surface area (Å²) in [5, 5.41) is 50.8. The van der Waals surface area contributed by atoms with Gasteiger partial charge in [0, 0.05) is 34.9 Å². The predicted octanol–water partition coefficient (Wildman–Crippen LogP) is 6.54. The largest absolute Gasteiger partial charge is 0.504 e. The van der Waals surface area contributed by atoms with E-state index in [1.807, 2.05) is 0 Å². The smallest absolute Gasteiger partial charge is 0.337 e. The number of carbonyl (C=O) groups is 1. The highest BCUT2D eigenvalue weighted by Gasteiger charge is 2.39. The molecule has 0 amide bonds. The molecule has 0 fully saturated rings. The summed E-state index contributed by atoms with van der Waals surface area (Å²) in [6.45, 7) is 0. The fraction of sp³-hybridized carbons (Fsp3) is 0.0500. The number of benzene rings is 3. The highest BCUT2D eigenvalue weighted by molar-refractivity contribution is 9.15. The highest BCUT2D eigenvalue weighted by atomic mass is 79.9. The van der Waals surface area contributed by atoms with E-state index in [-0.39, 0.29) is 27.1 Å². The average molecular weight is 682 g/mol. The minimum Gasteiger partial charge on any atom is -0.504 e. The van der Waals surface area contributed by atoms with E-state index in [1.165, 1.54) is 24.3 Å². The number of halogens is 4. The maximum Gasteiger partial charge on any atom is 0.337 e. The summed E-state index contributed by atoms with van der Waals surface area (Å²) in [6, 6.07) is 5.49. The summed E-state index contributed by atoms with van der Waals surface area (Å²) in [5.41, 5.74) is 0.899. The summed E-state index contributed by atoms with van der Waals surface area (Å²) in [5.74, 6) is -4.52. The highest BCUT2D eigenvalue weighted by Crippen LogP contribution is 2.59. The van der Waals surface area contributed by atoms with Crippen LogP contribution in [-0.2, 0) is 0 Å². The number of carboxylic acid groups (broad SMARTS) is 1. The Bertz CT molecular complexity index is 1230. The van der Waals surface area contributed by atoms with E-state index >= 15 is 0 Å². The first kappa shape index (κ1) is 22.3. The topological polar surface area (TPSA) is 127 Å². The van der Waals surface area contributed by atoms with E-state index in [2.05, 4.69) is 63.7 Å². The monoisotopic (exact) mass is 678 g/mol. The molecule has 0 spiro atoms. The van der Waals surface area contributed by atoms with Gasteiger partial charge < -0.3 is 30.3 Å². The Morgan fingerprint density at radius 1 is 0.742 bits per heavy atom. The van der Waals surface area contributed by atoms with Gasteiger partial charge in [-0.05, 0) is 81.4 Å². The lowest BCUT2D eigenvalue weighted by Gasteiger charge is -2.31. The Labute approximate surface area is 208 Å². The number of hydrogen-bond acceptors (Lipinski definition) is 6. The molecule has 4 rings (SSSR count). The van der Waals surface area contributed by atoms with Crippen LogP contribution in [0.5, 0.6) is 34.5 Å². The van der Waals surface area contributed by atoms with Crippen LogP contribution in [0.2, 0.25) is 0 Å². The molecular weight excluding hydrogens is 672 g/mol. The van der Waals surface area contributed by atoms with E-state index in [4.69, 9.17) is 4.74 Å². The van der Waals surface area contributed by atoms with Crippen LogP contribution in [0.25, 0.3) is 0 Å². The lowest BCUT2D eigenvalue weighted by molar-refractivity contribution is 0.0694. The van der Waals surface area contributed by atoms with Gasteiger partial charge in [-0.25, -0.2) is 4.79 Å². The number of aromatic carboxylic acids is 1. The van der Waals surface area contributed by atoms with Gasteiger partial charge in [-0.1, -0.05) is 12.1 Å². The summed E-state index contributed by atoms with van der Waals surface area (Å²) in [6.07, 6.45) is 0. The first-order valence-electron chi connectivity index (χ1n) is 8.42. The molecule has 0 saturated heterocycles. The molecule has 31 heavy (non-hydrogen) atoms. The quantitative estimate of drug-likeness (QED) is 0.0924. The van der Waals surface area contributed by atoms with Crippen molar-refractivity contribution in [2.45, 2.75) is 5.92 Å². The SMILES string of the molecule is O=C(O)c1c(Br)c(Br)c(Br)c(Br)c1C1c2ccc(O)c(O)c2Oc2c1ccc(O)c2O. The number of carboxylic acids is 1. The standard InChI is InChI=1S/C20H10Br4O7/c21-12-10(11(20(29)30)13(22)15(24)14(12)23)9-5-1-3-7(25)16(27)18(5)31-19-6(9)2-4-8(26)17(19)28/h1-4,9,25-28H,(H,29,30). The zero-order valence-electron chi connectivity index (χ0n) is 15.0. The summed E-state index contributed by atoms with van der Waals surface area (Å²) in [7, 11) is 0. The number of hydrogen-bond donors (Lipinski definition) is 5. The van der Waals surface area contributed by atoms with Crippen LogP contribution >= 0.6 is 63.7 Å². The van der Waals surface area contributed by atoms with Crippen LogP contribution in [0.3, 0.4) is 0 Å². The molecule has 0 unspecified atom stereocenters. The first-order chi connectivity index (χ1) is 14.6. The lowest BCUT2D eigenvalue weighted by atomic mass is 9.80. The number of phenols is 4. The molecule has 1 aliphatic rings. The van der Waals surface area contributed by atoms with Crippen molar-refractivity contribution >= 4 is 69.7 Å². The van der Waals surface area contributed by atoms with E-state index in [9.17, 15) is 30.3 Å². The fourth-order valence-electron chi connectivity index (χ4n) is 3.53. The zero-order valence-corrected chi connectivity index (χ0v) is 21.3. The van der Waals surface area contributed by atoms with Crippen molar-refractivity contribution in [2.75, 3.05) is 0 Å². The van der Waals surface area contributed by atoms with Crippen molar-refractivity contribution < 1.29 is 35.1 Å². The van der Waals surface area contributed by atoms with Gasteiger partial charge in [-0.3, -0.25) is 0 Å². The van der Waals surface area contributed by atoms with Crippen LogP contribution < -0.4 is 4.74 Å².